The molecule has 0 atom stereocenters. The van der Waals surface area contributed by atoms with Crippen LogP contribution in [0.5, 0.6) is 0 Å². The first-order valence-corrected chi connectivity index (χ1v) is 11.4. The molecule has 3 aromatic carbocycles. The molecule has 0 bridgehead atoms. The van der Waals surface area contributed by atoms with Gasteiger partial charge < -0.3 is 20.3 Å². The highest BCUT2D eigenvalue weighted by Crippen LogP contribution is 2.17. The zero-order chi connectivity index (χ0) is 21.7. The number of rotatable bonds is 14. The maximum atomic E-state index is 9.49. The van der Waals surface area contributed by atoms with E-state index in [2.05, 4.69) is 47.8 Å². The first-order valence-electron chi connectivity index (χ1n) is 11.4. The predicted molar refractivity (Wildman–Crippen MR) is 127 cm³/mol. The van der Waals surface area contributed by atoms with E-state index in [0.717, 1.165) is 55.7 Å². The Labute approximate surface area is 185 Å². The summed E-state index contributed by atoms with van der Waals surface area (Å²) in [6.07, 6.45) is 5.52. The minimum atomic E-state index is 0.00567. The quantitative estimate of drug-likeness (QED) is 0.329. The summed E-state index contributed by atoms with van der Waals surface area (Å²) in [5.74, 6) is 0. The lowest BCUT2D eigenvalue weighted by atomic mass is 10.0. The lowest BCUT2D eigenvalue weighted by Crippen LogP contribution is -2.17. The molecule has 31 heavy (non-hydrogen) atoms. The van der Waals surface area contributed by atoms with Crippen LogP contribution in [0, 0.1) is 0 Å². The molecule has 3 rings (SSSR count). The molecule has 0 saturated heterocycles. The van der Waals surface area contributed by atoms with Gasteiger partial charge in [0.2, 0.25) is 0 Å². The van der Waals surface area contributed by atoms with Crippen molar-refractivity contribution in [2.45, 2.75) is 51.9 Å². The van der Waals surface area contributed by atoms with Crippen molar-refractivity contribution in [3.8, 4) is 0 Å². The normalized spacial score (nSPS) is 11.3. The second-order valence-corrected chi connectivity index (χ2v) is 8.01. The van der Waals surface area contributed by atoms with Crippen molar-refractivity contribution in [2.75, 3.05) is 19.8 Å². The van der Waals surface area contributed by atoms with Crippen LogP contribution in [-0.4, -0.2) is 30.0 Å². The van der Waals surface area contributed by atoms with Crippen LogP contribution in [0.25, 0.3) is 10.8 Å². The van der Waals surface area contributed by atoms with Gasteiger partial charge in [-0.25, -0.2) is 0 Å². The fraction of sp³-hybridized carbons (Fsp3) is 0.407. The molecule has 0 aliphatic heterocycles. The van der Waals surface area contributed by atoms with E-state index in [-0.39, 0.29) is 13.2 Å². The SMILES string of the molecule is OCc1cccc(CO)c1CNCCCCCCOCCc1ccc2ccccc2c1. The third-order valence-electron chi connectivity index (χ3n) is 5.75. The van der Waals surface area contributed by atoms with Gasteiger partial charge in [0.25, 0.3) is 0 Å². The van der Waals surface area contributed by atoms with E-state index in [9.17, 15) is 10.2 Å². The predicted octanol–water partition coefficient (Wildman–Crippen LogP) is 4.73. The Hall–Kier alpha value is -2.24. The highest BCUT2D eigenvalue weighted by molar-refractivity contribution is 5.82. The van der Waals surface area contributed by atoms with Crippen LogP contribution < -0.4 is 5.32 Å². The molecule has 0 saturated carbocycles. The van der Waals surface area contributed by atoms with Gasteiger partial charge in [-0.05, 0) is 58.8 Å². The average Bonchev–Trinajstić information content (AvgIpc) is 2.82. The zero-order valence-electron chi connectivity index (χ0n) is 18.4. The summed E-state index contributed by atoms with van der Waals surface area (Å²) in [7, 11) is 0. The maximum absolute atomic E-state index is 9.49. The van der Waals surface area contributed by atoms with Crippen molar-refractivity contribution < 1.29 is 14.9 Å². The fourth-order valence-electron chi connectivity index (χ4n) is 3.92. The molecule has 0 unspecified atom stereocenters. The number of nitrogens with one attached hydrogen (secondary N) is 1. The Morgan fingerprint density at radius 3 is 2.23 bits per heavy atom. The summed E-state index contributed by atoms with van der Waals surface area (Å²) in [5.41, 5.74) is 4.13. The minimum absolute atomic E-state index is 0.00567. The number of fused-ring (bicyclic) bond motifs is 1. The summed E-state index contributed by atoms with van der Waals surface area (Å²) in [4.78, 5) is 0. The van der Waals surface area contributed by atoms with Crippen molar-refractivity contribution in [2.24, 2.45) is 0 Å². The number of benzene rings is 3. The summed E-state index contributed by atoms with van der Waals surface area (Å²) in [5, 5.41) is 25.0. The molecular formula is C27H35NO3. The summed E-state index contributed by atoms with van der Waals surface area (Å²) in [6, 6.07) is 20.8. The molecule has 4 nitrogen and oxygen atoms in total. The van der Waals surface area contributed by atoms with Crippen LogP contribution in [0.3, 0.4) is 0 Å². The molecule has 166 valence electrons. The molecule has 3 N–H and O–H groups in total. The molecule has 0 heterocycles. The Morgan fingerprint density at radius 1 is 0.710 bits per heavy atom. The number of aliphatic hydroxyl groups is 2. The van der Waals surface area contributed by atoms with Gasteiger partial charge in [0.05, 0.1) is 19.8 Å². The Kier molecular flexibility index (Phi) is 10.00. The number of hydrogen-bond acceptors (Lipinski definition) is 4. The molecule has 0 amide bonds. The van der Waals surface area contributed by atoms with Crippen LogP contribution in [0.1, 0.15) is 47.9 Å². The number of unbranched alkanes of at least 4 members (excludes halogenated alkanes) is 3. The van der Waals surface area contributed by atoms with E-state index in [4.69, 9.17) is 4.74 Å². The second kappa shape index (κ2) is 13.2. The van der Waals surface area contributed by atoms with Crippen LogP contribution in [-0.2, 0) is 30.9 Å². The van der Waals surface area contributed by atoms with E-state index in [0.29, 0.717) is 6.54 Å². The minimum Gasteiger partial charge on any atom is -0.392 e. The van der Waals surface area contributed by atoms with Gasteiger partial charge in [0.15, 0.2) is 0 Å². The maximum Gasteiger partial charge on any atom is 0.0685 e. The summed E-state index contributed by atoms with van der Waals surface area (Å²) >= 11 is 0. The van der Waals surface area contributed by atoms with Crippen molar-refractivity contribution >= 4 is 10.8 Å². The van der Waals surface area contributed by atoms with E-state index in [1.807, 2.05) is 18.2 Å². The summed E-state index contributed by atoms with van der Waals surface area (Å²) < 4.78 is 5.82. The standard InChI is InChI=1S/C27H35NO3/c29-20-25-10-7-11-26(21-30)27(25)19-28-15-5-1-2-6-16-31-17-14-22-12-13-23-8-3-4-9-24(23)18-22/h3-4,7-13,18,28-30H,1-2,5-6,14-17,19-21H2. The summed E-state index contributed by atoms with van der Waals surface area (Å²) in [6.45, 7) is 3.23. The molecule has 0 aliphatic rings. The van der Waals surface area contributed by atoms with E-state index < -0.39 is 0 Å². The van der Waals surface area contributed by atoms with Crippen molar-refractivity contribution in [3.63, 3.8) is 0 Å². The lowest BCUT2D eigenvalue weighted by molar-refractivity contribution is 0.133. The Morgan fingerprint density at radius 2 is 1.45 bits per heavy atom. The Balaban J connectivity index is 1.21. The number of hydrogen-bond donors (Lipinski definition) is 3. The highest BCUT2D eigenvalue weighted by atomic mass is 16.5. The van der Waals surface area contributed by atoms with Crippen LogP contribution in [0.15, 0.2) is 60.7 Å². The average molecular weight is 422 g/mol. The lowest BCUT2D eigenvalue weighted by Gasteiger charge is -2.13. The van der Waals surface area contributed by atoms with Crippen molar-refractivity contribution in [1.82, 2.24) is 5.32 Å². The van der Waals surface area contributed by atoms with Crippen LogP contribution in [0.4, 0.5) is 0 Å². The molecule has 0 fully saturated rings. The van der Waals surface area contributed by atoms with E-state index >= 15 is 0 Å². The smallest absolute Gasteiger partial charge is 0.0685 e. The fourth-order valence-corrected chi connectivity index (χ4v) is 3.92. The third kappa shape index (κ3) is 7.44. The van der Waals surface area contributed by atoms with Gasteiger partial charge in [-0.3, -0.25) is 0 Å². The monoisotopic (exact) mass is 421 g/mol. The molecule has 0 radical (unpaired) electrons. The largest absolute Gasteiger partial charge is 0.392 e. The second-order valence-electron chi connectivity index (χ2n) is 8.01. The van der Waals surface area contributed by atoms with Crippen LogP contribution >= 0.6 is 0 Å². The van der Waals surface area contributed by atoms with Crippen molar-refractivity contribution in [1.29, 1.82) is 0 Å². The van der Waals surface area contributed by atoms with Crippen LogP contribution in [0.2, 0.25) is 0 Å². The Bertz CT molecular complexity index is 903. The molecule has 0 aromatic heterocycles. The van der Waals surface area contributed by atoms with Crippen molar-refractivity contribution in [3.05, 3.63) is 82.9 Å². The highest BCUT2D eigenvalue weighted by Gasteiger charge is 2.06. The van der Waals surface area contributed by atoms with Gasteiger partial charge >= 0.3 is 0 Å². The number of ether oxygens (including phenoxy) is 1. The number of aliphatic hydroxyl groups excluding tert-OH is 2. The third-order valence-corrected chi connectivity index (χ3v) is 5.75. The first kappa shape index (κ1) is 23.4. The van der Waals surface area contributed by atoms with Gasteiger partial charge in [-0.1, -0.05) is 73.5 Å². The van der Waals surface area contributed by atoms with E-state index in [1.165, 1.54) is 29.2 Å². The van der Waals surface area contributed by atoms with Gasteiger partial charge in [-0.2, -0.15) is 0 Å². The zero-order valence-corrected chi connectivity index (χ0v) is 18.4. The van der Waals surface area contributed by atoms with Gasteiger partial charge in [0.1, 0.15) is 0 Å². The van der Waals surface area contributed by atoms with E-state index in [1.54, 1.807) is 0 Å². The molecule has 0 spiro atoms. The molecule has 4 heteroatoms. The van der Waals surface area contributed by atoms with Gasteiger partial charge in [-0.15, -0.1) is 0 Å². The first-order chi connectivity index (χ1) is 15.3. The molecule has 3 aromatic rings. The molecular weight excluding hydrogens is 386 g/mol. The molecule has 0 aliphatic carbocycles. The van der Waals surface area contributed by atoms with Gasteiger partial charge in [0, 0.05) is 13.2 Å². The topological polar surface area (TPSA) is 61.7 Å².